The standard InChI is InChI=1S/C19H21N3O2/c1-12-11-13(2)22(19(24)21-12)10-9-20-18(23)17-14(3)16(17)15-7-5-4-6-8-15/h4-8,11,17H,9-10H2,1-3H3,(H,20,23). The molecule has 1 aliphatic rings. The molecule has 0 aliphatic heterocycles. The molecule has 124 valence electrons. The van der Waals surface area contributed by atoms with Gasteiger partial charge in [-0.1, -0.05) is 35.9 Å². The Labute approximate surface area is 141 Å². The Morgan fingerprint density at radius 2 is 1.92 bits per heavy atom. The lowest BCUT2D eigenvalue weighted by atomic mass is 10.1. The number of aryl methyl sites for hydroxylation is 2. The number of benzene rings is 1. The summed E-state index contributed by atoms with van der Waals surface area (Å²) in [5.74, 6) is -0.140. The first-order chi connectivity index (χ1) is 11.5. The van der Waals surface area contributed by atoms with E-state index < -0.39 is 0 Å². The van der Waals surface area contributed by atoms with Gasteiger partial charge in [0.2, 0.25) is 5.91 Å². The van der Waals surface area contributed by atoms with Gasteiger partial charge in [0, 0.05) is 24.5 Å². The van der Waals surface area contributed by atoms with Gasteiger partial charge in [0.15, 0.2) is 0 Å². The molecule has 1 aliphatic carbocycles. The number of nitrogens with one attached hydrogen (secondary N) is 1. The number of hydrogen-bond donors (Lipinski definition) is 1. The maximum Gasteiger partial charge on any atom is 0.348 e. The predicted molar refractivity (Wildman–Crippen MR) is 93.5 cm³/mol. The molecule has 0 radical (unpaired) electrons. The predicted octanol–water partition coefficient (Wildman–Crippen LogP) is 2.08. The Balaban J connectivity index is 1.58. The van der Waals surface area contributed by atoms with Crippen LogP contribution in [0.15, 0.2) is 46.8 Å². The van der Waals surface area contributed by atoms with Crippen molar-refractivity contribution in [1.82, 2.24) is 14.9 Å². The number of nitrogens with zero attached hydrogens (tertiary/aromatic N) is 2. The van der Waals surface area contributed by atoms with Crippen LogP contribution in [0.25, 0.3) is 5.57 Å². The van der Waals surface area contributed by atoms with Crippen molar-refractivity contribution in [2.24, 2.45) is 5.92 Å². The monoisotopic (exact) mass is 323 g/mol. The minimum absolute atomic E-state index is 0.00266. The van der Waals surface area contributed by atoms with Crippen LogP contribution in [0.5, 0.6) is 0 Å². The minimum Gasteiger partial charge on any atom is -0.353 e. The molecule has 1 atom stereocenters. The van der Waals surface area contributed by atoms with Crippen molar-refractivity contribution >= 4 is 11.5 Å². The Hall–Kier alpha value is -2.69. The van der Waals surface area contributed by atoms with Gasteiger partial charge in [0.1, 0.15) is 0 Å². The zero-order chi connectivity index (χ0) is 17.3. The summed E-state index contributed by atoms with van der Waals surface area (Å²) >= 11 is 0. The molecular weight excluding hydrogens is 302 g/mol. The van der Waals surface area contributed by atoms with E-state index in [1.54, 1.807) is 11.5 Å². The van der Waals surface area contributed by atoms with Crippen molar-refractivity contribution < 1.29 is 4.79 Å². The molecule has 1 heterocycles. The fraction of sp³-hybridized carbons (Fsp3) is 0.316. The van der Waals surface area contributed by atoms with Crippen LogP contribution in [0.4, 0.5) is 0 Å². The van der Waals surface area contributed by atoms with E-state index in [0.29, 0.717) is 18.8 Å². The van der Waals surface area contributed by atoms with Gasteiger partial charge in [-0.3, -0.25) is 9.36 Å². The Kier molecular flexibility index (Phi) is 4.34. The topological polar surface area (TPSA) is 64.0 Å². The van der Waals surface area contributed by atoms with Gasteiger partial charge < -0.3 is 5.32 Å². The highest BCUT2D eigenvalue weighted by Crippen LogP contribution is 2.46. The molecule has 2 aromatic rings. The van der Waals surface area contributed by atoms with Crippen molar-refractivity contribution in [3.8, 4) is 0 Å². The minimum atomic E-state index is -0.271. The molecular formula is C19H21N3O2. The normalized spacial score (nSPS) is 16.2. The van der Waals surface area contributed by atoms with E-state index in [0.717, 1.165) is 22.4 Å². The lowest BCUT2D eigenvalue weighted by Gasteiger charge is -2.11. The first-order valence-corrected chi connectivity index (χ1v) is 8.08. The second-order valence-corrected chi connectivity index (χ2v) is 6.16. The maximum atomic E-state index is 12.4. The molecule has 3 rings (SSSR count). The van der Waals surface area contributed by atoms with Crippen molar-refractivity contribution in [1.29, 1.82) is 0 Å². The second-order valence-electron chi connectivity index (χ2n) is 6.16. The first kappa shape index (κ1) is 16.2. The fourth-order valence-corrected chi connectivity index (χ4v) is 3.11. The quantitative estimate of drug-likeness (QED) is 0.916. The van der Waals surface area contributed by atoms with Crippen molar-refractivity contribution in [2.75, 3.05) is 6.54 Å². The van der Waals surface area contributed by atoms with Gasteiger partial charge in [-0.25, -0.2) is 4.79 Å². The van der Waals surface area contributed by atoms with Crippen LogP contribution >= 0.6 is 0 Å². The largest absolute Gasteiger partial charge is 0.353 e. The van der Waals surface area contributed by atoms with Crippen LogP contribution < -0.4 is 11.0 Å². The average Bonchev–Trinajstić information content (AvgIpc) is 3.22. The summed E-state index contributed by atoms with van der Waals surface area (Å²) in [5, 5.41) is 2.92. The second kappa shape index (κ2) is 6.43. The van der Waals surface area contributed by atoms with Gasteiger partial charge in [-0.05, 0) is 38.0 Å². The third-order valence-electron chi connectivity index (χ3n) is 4.39. The average molecular weight is 323 g/mol. The maximum absolute atomic E-state index is 12.4. The number of carbonyl (C=O) groups excluding carboxylic acids is 1. The molecule has 0 saturated carbocycles. The van der Waals surface area contributed by atoms with E-state index >= 15 is 0 Å². The molecule has 1 aromatic heterocycles. The zero-order valence-electron chi connectivity index (χ0n) is 14.2. The summed E-state index contributed by atoms with van der Waals surface area (Å²) in [7, 11) is 0. The number of amides is 1. The molecule has 1 N–H and O–H groups in total. The van der Waals surface area contributed by atoms with E-state index in [4.69, 9.17) is 0 Å². The van der Waals surface area contributed by atoms with Crippen LogP contribution in [0, 0.1) is 19.8 Å². The fourth-order valence-electron chi connectivity index (χ4n) is 3.11. The smallest absolute Gasteiger partial charge is 0.348 e. The van der Waals surface area contributed by atoms with Crippen LogP contribution in [0.1, 0.15) is 23.9 Å². The van der Waals surface area contributed by atoms with Gasteiger partial charge >= 0.3 is 5.69 Å². The van der Waals surface area contributed by atoms with Gasteiger partial charge in [-0.2, -0.15) is 4.98 Å². The van der Waals surface area contributed by atoms with E-state index in [-0.39, 0.29) is 17.5 Å². The summed E-state index contributed by atoms with van der Waals surface area (Å²) in [4.78, 5) is 28.2. The van der Waals surface area contributed by atoms with E-state index in [1.165, 1.54) is 0 Å². The summed E-state index contributed by atoms with van der Waals surface area (Å²) in [6, 6.07) is 11.8. The molecule has 0 spiro atoms. The summed E-state index contributed by atoms with van der Waals surface area (Å²) in [5.41, 5.74) is 4.62. The van der Waals surface area contributed by atoms with Gasteiger partial charge in [-0.15, -0.1) is 0 Å². The lowest BCUT2D eigenvalue weighted by Crippen LogP contribution is -2.34. The van der Waals surface area contributed by atoms with Crippen LogP contribution in [0.3, 0.4) is 0 Å². The van der Waals surface area contributed by atoms with E-state index in [2.05, 4.69) is 10.3 Å². The molecule has 0 bridgehead atoms. The van der Waals surface area contributed by atoms with Crippen molar-refractivity contribution in [2.45, 2.75) is 27.3 Å². The van der Waals surface area contributed by atoms with Crippen molar-refractivity contribution in [3.63, 3.8) is 0 Å². The molecule has 5 heteroatoms. The number of aromatic nitrogens is 2. The molecule has 24 heavy (non-hydrogen) atoms. The van der Waals surface area contributed by atoms with Crippen LogP contribution in [0.2, 0.25) is 0 Å². The van der Waals surface area contributed by atoms with Crippen LogP contribution in [-0.2, 0) is 11.3 Å². The molecule has 1 amide bonds. The highest BCUT2D eigenvalue weighted by molar-refractivity contribution is 6.05. The van der Waals surface area contributed by atoms with Gasteiger partial charge in [0.05, 0.1) is 5.92 Å². The molecule has 5 nitrogen and oxygen atoms in total. The molecule has 1 unspecified atom stereocenters. The Bertz CT molecular complexity index is 866. The number of hydrogen-bond acceptors (Lipinski definition) is 3. The highest BCUT2D eigenvalue weighted by Gasteiger charge is 2.39. The van der Waals surface area contributed by atoms with E-state index in [1.807, 2.05) is 50.2 Å². The number of rotatable bonds is 5. The van der Waals surface area contributed by atoms with Crippen molar-refractivity contribution in [3.05, 3.63) is 69.4 Å². The first-order valence-electron chi connectivity index (χ1n) is 8.08. The molecule has 0 fully saturated rings. The summed E-state index contributed by atoms with van der Waals surface area (Å²) < 4.78 is 1.58. The summed E-state index contributed by atoms with van der Waals surface area (Å²) in [6.07, 6.45) is 0. The third-order valence-corrected chi connectivity index (χ3v) is 4.39. The SMILES string of the molecule is CC1=C(c2ccccc2)C1C(=O)NCCn1c(C)cc(C)nc1=O. The third kappa shape index (κ3) is 3.15. The van der Waals surface area contributed by atoms with E-state index in [9.17, 15) is 9.59 Å². The lowest BCUT2D eigenvalue weighted by molar-refractivity contribution is -0.121. The summed E-state index contributed by atoms with van der Waals surface area (Å²) in [6.45, 7) is 6.50. The van der Waals surface area contributed by atoms with Crippen LogP contribution in [-0.4, -0.2) is 22.0 Å². The Morgan fingerprint density at radius 3 is 2.58 bits per heavy atom. The molecule has 1 aromatic carbocycles. The highest BCUT2D eigenvalue weighted by atomic mass is 16.2. The molecule has 0 saturated heterocycles. The van der Waals surface area contributed by atoms with Gasteiger partial charge in [0.25, 0.3) is 0 Å². The zero-order valence-corrected chi connectivity index (χ0v) is 14.2. The Morgan fingerprint density at radius 1 is 1.21 bits per heavy atom. The number of carbonyl (C=O) groups is 1.